The Labute approximate surface area is 113 Å². The second-order valence-corrected chi connectivity index (χ2v) is 5.50. The van der Waals surface area contributed by atoms with Crippen LogP contribution in [0.15, 0.2) is 10.9 Å². The predicted octanol–water partition coefficient (Wildman–Crippen LogP) is 1.63. The topological polar surface area (TPSA) is 69.2 Å². The normalized spacial score (nSPS) is 16.2. The molecule has 1 aromatic rings. The van der Waals surface area contributed by atoms with Crippen molar-refractivity contribution < 1.29 is 5.11 Å². The lowest BCUT2D eigenvalue weighted by Crippen LogP contribution is -2.37. The van der Waals surface area contributed by atoms with E-state index in [0.717, 1.165) is 12.8 Å². The van der Waals surface area contributed by atoms with Crippen molar-refractivity contribution in [1.29, 1.82) is 0 Å². The molecule has 0 radical (unpaired) electrons. The van der Waals surface area contributed by atoms with Crippen LogP contribution < -0.4 is 10.5 Å². The van der Waals surface area contributed by atoms with Crippen LogP contribution in [0.25, 0.3) is 0 Å². The van der Waals surface area contributed by atoms with Crippen LogP contribution in [0, 0.1) is 0 Å². The molecule has 2 N–H and O–H groups in total. The quantitative estimate of drug-likeness (QED) is 0.849. The molecule has 19 heavy (non-hydrogen) atoms. The number of aliphatic hydroxyl groups excluding tert-OH is 1. The van der Waals surface area contributed by atoms with Gasteiger partial charge in [-0.2, -0.15) is 0 Å². The standard InChI is InChI=1S/C14H23N3O2/c1-10(2)14-15-12(9-13(19)16-14)17(7-8-18)11-5-3-4-6-11/h9-11,18H,3-8H2,1-2H3,(H,15,16,19). The summed E-state index contributed by atoms with van der Waals surface area (Å²) in [6.07, 6.45) is 4.66. The lowest BCUT2D eigenvalue weighted by molar-refractivity contribution is 0.296. The number of aromatic amines is 1. The molecule has 5 nitrogen and oxygen atoms in total. The summed E-state index contributed by atoms with van der Waals surface area (Å²) in [7, 11) is 0. The molecule has 1 fully saturated rings. The molecule has 0 aliphatic heterocycles. The van der Waals surface area contributed by atoms with Gasteiger partial charge in [-0.1, -0.05) is 26.7 Å². The van der Waals surface area contributed by atoms with E-state index in [1.54, 1.807) is 6.07 Å². The fourth-order valence-corrected chi connectivity index (χ4v) is 2.69. The molecule has 1 aliphatic rings. The zero-order valence-corrected chi connectivity index (χ0v) is 11.7. The van der Waals surface area contributed by atoms with Gasteiger partial charge >= 0.3 is 0 Å². The van der Waals surface area contributed by atoms with E-state index >= 15 is 0 Å². The largest absolute Gasteiger partial charge is 0.395 e. The lowest BCUT2D eigenvalue weighted by atomic mass is 10.2. The van der Waals surface area contributed by atoms with Crippen molar-refractivity contribution in [1.82, 2.24) is 9.97 Å². The van der Waals surface area contributed by atoms with Crippen LogP contribution in [-0.4, -0.2) is 34.3 Å². The van der Waals surface area contributed by atoms with Crippen LogP contribution in [0.1, 0.15) is 51.3 Å². The summed E-state index contributed by atoms with van der Waals surface area (Å²) in [6, 6.07) is 1.95. The monoisotopic (exact) mass is 265 g/mol. The average molecular weight is 265 g/mol. The molecule has 106 valence electrons. The number of aliphatic hydroxyl groups is 1. The van der Waals surface area contributed by atoms with Crippen LogP contribution in [-0.2, 0) is 0 Å². The first-order valence-corrected chi connectivity index (χ1v) is 7.10. The minimum absolute atomic E-state index is 0.0853. The molecular formula is C14H23N3O2. The van der Waals surface area contributed by atoms with Crippen molar-refractivity contribution in [2.45, 2.75) is 51.5 Å². The van der Waals surface area contributed by atoms with Gasteiger partial charge in [-0.05, 0) is 12.8 Å². The van der Waals surface area contributed by atoms with Crippen molar-refractivity contribution >= 4 is 5.82 Å². The Morgan fingerprint density at radius 3 is 2.74 bits per heavy atom. The second-order valence-electron chi connectivity index (χ2n) is 5.50. The number of nitrogens with one attached hydrogen (secondary N) is 1. The molecule has 5 heteroatoms. The molecule has 2 rings (SSSR count). The Morgan fingerprint density at radius 1 is 1.47 bits per heavy atom. The highest BCUT2D eigenvalue weighted by atomic mass is 16.3. The van der Waals surface area contributed by atoms with E-state index in [1.165, 1.54) is 12.8 Å². The third-order valence-corrected chi connectivity index (χ3v) is 3.69. The number of anilines is 1. The van der Waals surface area contributed by atoms with Gasteiger partial charge in [-0.25, -0.2) is 4.98 Å². The van der Waals surface area contributed by atoms with E-state index in [9.17, 15) is 9.90 Å². The van der Waals surface area contributed by atoms with Gasteiger partial charge in [0.2, 0.25) is 0 Å². The van der Waals surface area contributed by atoms with Crippen LogP contribution in [0.5, 0.6) is 0 Å². The summed E-state index contributed by atoms with van der Waals surface area (Å²) in [5.41, 5.74) is -0.116. The Kier molecular flexibility index (Phi) is 4.58. The first kappa shape index (κ1) is 14.1. The highest BCUT2D eigenvalue weighted by molar-refractivity contribution is 5.39. The van der Waals surface area contributed by atoms with Crippen LogP contribution >= 0.6 is 0 Å². The van der Waals surface area contributed by atoms with Crippen molar-refractivity contribution in [3.05, 3.63) is 22.2 Å². The summed E-state index contributed by atoms with van der Waals surface area (Å²) >= 11 is 0. The molecule has 0 amide bonds. The number of rotatable bonds is 5. The molecule has 0 bridgehead atoms. The lowest BCUT2D eigenvalue weighted by Gasteiger charge is -2.29. The van der Waals surface area contributed by atoms with Gasteiger partial charge in [0.15, 0.2) is 0 Å². The molecule has 1 aromatic heterocycles. The molecule has 0 saturated heterocycles. The molecule has 1 saturated carbocycles. The van der Waals surface area contributed by atoms with Gasteiger partial charge in [0, 0.05) is 24.6 Å². The van der Waals surface area contributed by atoms with E-state index in [2.05, 4.69) is 14.9 Å². The molecular weight excluding hydrogens is 242 g/mol. The fraction of sp³-hybridized carbons (Fsp3) is 0.714. The minimum Gasteiger partial charge on any atom is -0.395 e. The van der Waals surface area contributed by atoms with Gasteiger partial charge in [-0.3, -0.25) is 4.79 Å². The maximum Gasteiger partial charge on any atom is 0.252 e. The highest BCUT2D eigenvalue weighted by Crippen LogP contribution is 2.26. The third kappa shape index (κ3) is 3.35. The number of H-pyrrole nitrogens is 1. The summed E-state index contributed by atoms with van der Waals surface area (Å²) in [4.78, 5) is 21.2. The number of hydrogen-bond donors (Lipinski definition) is 2. The Hall–Kier alpha value is -1.36. The van der Waals surface area contributed by atoms with E-state index in [-0.39, 0.29) is 18.1 Å². The van der Waals surface area contributed by atoms with Crippen LogP contribution in [0.3, 0.4) is 0 Å². The average Bonchev–Trinajstić information content (AvgIpc) is 2.88. The van der Waals surface area contributed by atoms with Gasteiger partial charge in [0.05, 0.1) is 6.61 Å². The Bertz CT molecular complexity index is 464. The second kappa shape index (κ2) is 6.19. The number of aromatic nitrogens is 2. The SMILES string of the molecule is CC(C)c1nc(N(CCO)C2CCCC2)cc(=O)[nH]1. The van der Waals surface area contributed by atoms with E-state index in [4.69, 9.17) is 0 Å². The molecule has 0 spiro atoms. The smallest absolute Gasteiger partial charge is 0.252 e. The zero-order valence-electron chi connectivity index (χ0n) is 11.7. The van der Waals surface area contributed by atoms with Gasteiger partial charge in [-0.15, -0.1) is 0 Å². The summed E-state index contributed by atoms with van der Waals surface area (Å²) in [5, 5.41) is 9.25. The van der Waals surface area contributed by atoms with Crippen molar-refractivity contribution in [3.8, 4) is 0 Å². The van der Waals surface area contributed by atoms with E-state index in [0.29, 0.717) is 24.2 Å². The summed E-state index contributed by atoms with van der Waals surface area (Å²) < 4.78 is 0. The van der Waals surface area contributed by atoms with Crippen molar-refractivity contribution in [2.75, 3.05) is 18.1 Å². The maximum absolute atomic E-state index is 11.8. The number of nitrogens with zero attached hydrogens (tertiary/aromatic N) is 2. The maximum atomic E-state index is 11.8. The summed E-state index contributed by atoms with van der Waals surface area (Å²) in [6.45, 7) is 4.64. The zero-order chi connectivity index (χ0) is 13.8. The van der Waals surface area contributed by atoms with Crippen molar-refractivity contribution in [3.63, 3.8) is 0 Å². The third-order valence-electron chi connectivity index (χ3n) is 3.69. The molecule has 1 heterocycles. The number of hydrogen-bond acceptors (Lipinski definition) is 4. The molecule has 0 unspecified atom stereocenters. The minimum atomic E-state index is -0.116. The molecule has 1 aliphatic carbocycles. The summed E-state index contributed by atoms with van der Waals surface area (Å²) in [5.74, 6) is 1.60. The van der Waals surface area contributed by atoms with E-state index in [1.807, 2.05) is 13.8 Å². The van der Waals surface area contributed by atoms with Gasteiger partial charge in [0.25, 0.3) is 5.56 Å². The van der Waals surface area contributed by atoms with Crippen LogP contribution in [0.2, 0.25) is 0 Å². The fourth-order valence-electron chi connectivity index (χ4n) is 2.69. The Balaban J connectivity index is 2.32. The highest BCUT2D eigenvalue weighted by Gasteiger charge is 2.24. The van der Waals surface area contributed by atoms with Gasteiger partial charge in [0.1, 0.15) is 11.6 Å². The van der Waals surface area contributed by atoms with Gasteiger partial charge < -0.3 is 15.0 Å². The van der Waals surface area contributed by atoms with E-state index < -0.39 is 0 Å². The van der Waals surface area contributed by atoms with Crippen molar-refractivity contribution in [2.24, 2.45) is 0 Å². The Morgan fingerprint density at radius 2 is 2.16 bits per heavy atom. The molecule has 0 aromatic carbocycles. The molecule has 0 atom stereocenters. The first-order valence-electron chi connectivity index (χ1n) is 7.10. The predicted molar refractivity (Wildman–Crippen MR) is 75.6 cm³/mol. The van der Waals surface area contributed by atoms with Crippen LogP contribution in [0.4, 0.5) is 5.82 Å². The first-order chi connectivity index (χ1) is 9.11.